The van der Waals surface area contributed by atoms with Gasteiger partial charge in [0.25, 0.3) is 0 Å². The first-order valence-corrected chi connectivity index (χ1v) is 9.37. The first-order valence-electron chi connectivity index (χ1n) is 9.37. The summed E-state index contributed by atoms with van der Waals surface area (Å²) in [7, 11) is 1.62. The van der Waals surface area contributed by atoms with E-state index >= 15 is 0 Å². The lowest BCUT2D eigenvalue weighted by molar-refractivity contribution is -0.136. The van der Waals surface area contributed by atoms with Gasteiger partial charge in [-0.25, -0.2) is 4.39 Å². The molecule has 0 aromatic heterocycles. The third-order valence-corrected chi connectivity index (χ3v) is 4.65. The van der Waals surface area contributed by atoms with Gasteiger partial charge in [0, 0.05) is 24.4 Å². The van der Waals surface area contributed by atoms with Crippen LogP contribution in [0.4, 0.5) is 4.39 Å². The Morgan fingerprint density at radius 3 is 2.79 bits per heavy atom. The highest BCUT2D eigenvalue weighted by molar-refractivity contribution is 6.01. The van der Waals surface area contributed by atoms with Gasteiger partial charge in [0.05, 0.1) is 19.4 Å². The summed E-state index contributed by atoms with van der Waals surface area (Å²) in [5, 5.41) is 4.06. The van der Waals surface area contributed by atoms with Crippen LogP contribution in [0.25, 0.3) is 0 Å². The number of rotatable bonds is 7. The van der Waals surface area contributed by atoms with Crippen LogP contribution in [0, 0.1) is 11.7 Å². The molecule has 1 heterocycles. The highest BCUT2D eigenvalue weighted by Gasteiger charge is 2.28. The van der Waals surface area contributed by atoms with E-state index < -0.39 is 0 Å². The van der Waals surface area contributed by atoms with E-state index in [-0.39, 0.29) is 23.7 Å². The standard InChI is InChI=1S/C22H25FN2O3/c1-15(2)22(26)25(13-16-7-6-8-17(11-16)27-3)14-18-12-21(24-28-18)19-9-4-5-10-20(19)23/h4-11,15,18H,12-14H2,1-3H3/t18-/m0/s1. The summed E-state index contributed by atoms with van der Waals surface area (Å²) in [5.41, 5.74) is 1.99. The molecular formula is C22H25FN2O3. The van der Waals surface area contributed by atoms with Crippen LogP contribution in [-0.2, 0) is 16.2 Å². The van der Waals surface area contributed by atoms with Crippen molar-refractivity contribution in [1.82, 2.24) is 4.90 Å². The summed E-state index contributed by atoms with van der Waals surface area (Å²) in [5.74, 6) is 0.318. The molecule has 0 spiro atoms. The fourth-order valence-corrected chi connectivity index (χ4v) is 3.22. The fraction of sp³-hybridized carbons (Fsp3) is 0.364. The van der Waals surface area contributed by atoms with Gasteiger partial charge >= 0.3 is 0 Å². The number of hydrogen-bond acceptors (Lipinski definition) is 4. The first kappa shape index (κ1) is 19.9. The van der Waals surface area contributed by atoms with Gasteiger partial charge in [-0.05, 0) is 23.8 Å². The summed E-state index contributed by atoms with van der Waals surface area (Å²) in [6.45, 7) is 4.58. The van der Waals surface area contributed by atoms with Crippen LogP contribution in [0.15, 0.2) is 53.7 Å². The molecule has 0 fully saturated rings. The van der Waals surface area contributed by atoms with Gasteiger partial charge in [-0.1, -0.05) is 49.3 Å². The van der Waals surface area contributed by atoms with Gasteiger partial charge in [-0.2, -0.15) is 0 Å². The van der Waals surface area contributed by atoms with E-state index in [4.69, 9.17) is 9.57 Å². The lowest BCUT2D eigenvalue weighted by Crippen LogP contribution is -2.39. The molecule has 0 unspecified atom stereocenters. The average Bonchev–Trinajstić information content (AvgIpc) is 3.15. The number of amides is 1. The van der Waals surface area contributed by atoms with Crippen LogP contribution in [0.3, 0.4) is 0 Å². The Balaban J connectivity index is 1.70. The first-order chi connectivity index (χ1) is 13.5. The average molecular weight is 384 g/mol. The minimum Gasteiger partial charge on any atom is -0.497 e. The number of carbonyl (C=O) groups is 1. The molecule has 6 heteroatoms. The lowest BCUT2D eigenvalue weighted by Gasteiger charge is -2.26. The summed E-state index contributed by atoms with van der Waals surface area (Å²) in [6, 6.07) is 14.1. The Hall–Kier alpha value is -2.89. The van der Waals surface area contributed by atoms with Crippen molar-refractivity contribution in [3.05, 3.63) is 65.5 Å². The smallest absolute Gasteiger partial charge is 0.225 e. The van der Waals surface area contributed by atoms with Crippen LogP contribution in [0.1, 0.15) is 31.4 Å². The molecule has 1 aliphatic heterocycles. The Morgan fingerprint density at radius 2 is 2.07 bits per heavy atom. The Bertz CT molecular complexity index is 866. The predicted molar refractivity (Wildman–Crippen MR) is 106 cm³/mol. The molecule has 0 N–H and O–H groups in total. The molecule has 0 saturated carbocycles. The van der Waals surface area contributed by atoms with E-state index in [2.05, 4.69) is 5.16 Å². The maximum Gasteiger partial charge on any atom is 0.225 e. The largest absolute Gasteiger partial charge is 0.497 e. The molecule has 0 aliphatic carbocycles. The van der Waals surface area contributed by atoms with Crippen LogP contribution in [-0.4, -0.2) is 36.3 Å². The van der Waals surface area contributed by atoms with Gasteiger partial charge in [0.15, 0.2) is 6.10 Å². The molecular weight excluding hydrogens is 359 g/mol. The molecule has 0 radical (unpaired) electrons. The Kier molecular flexibility index (Phi) is 6.29. The summed E-state index contributed by atoms with van der Waals surface area (Å²) in [6.07, 6.45) is 0.156. The third-order valence-electron chi connectivity index (χ3n) is 4.65. The van der Waals surface area contributed by atoms with Crippen molar-refractivity contribution >= 4 is 11.6 Å². The van der Waals surface area contributed by atoms with Gasteiger partial charge in [-0.15, -0.1) is 0 Å². The second kappa shape index (κ2) is 8.87. The van der Waals surface area contributed by atoms with E-state index in [1.807, 2.05) is 38.1 Å². The molecule has 1 atom stereocenters. The molecule has 0 bridgehead atoms. The second-order valence-electron chi connectivity index (χ2n) is 7.17. The lowest BCUT2D eigenvalue weighted by atomic mass is 10.0. The van der Waals surface area contributed by atoms with Gasteiger partial charge in [-0.3, -0.25) is 4.79 Å². The van der Waals surface area contributed by atoms with Crippen molar-refractivity contribution in [3.63, 3.8) is 0 Å². The van der Waals surface area contributed by atoms with Crippen molar-refractivity contribution in [2.24, 2.45) is 11.1 Å². The molecule has 28 heavy (non-hydrogen) atoms. The molecule has 2 aromatic carbocycles. The number of halogens is 1. The molecule has 2 aromatic rings. The zero-order valence-electron chi connectivity index (χ0n) is 16.4. The number of benzene rings is 2. The van der Waals surface area contributed by atoms with E-state index in [9.17, 15) is 9.18 Å². The number of methoxy groups -OCH3 is 1. The monoisotopic (exact) mass is 384 g/mol. The van der Waals surface area contributed by atoms with Crippen LogP contribution in [0.5, 0.6) is 5.75 Å². The van der Waals surface area contributed by atoms with Crippen molar-refractivity contribution in [2.75, 3.05) is 13.7 Å². The summed E-state index contributed by atoms with van der Waals surface area (Å²) >= 11 is 0. The topological polar surface area (TPSA) is 51.1 Å². The normalized spacial score (nSPS) is 15.9. The van der Waals surface area contributed by atoms with E-state index in [0.717, 1.165) is 11.3 Å². The van der Waals surface area contributed by atoms with Crippen molar-refractivity contribution in [3.8, 4) is 5.75 Å². The maximum absolute atomic E-state index is 14.0. The molecule has 0 saturated heterocycles. The van der Waals surface area contributed by atoms with Crippen molar-refractivity contribution in [1.29, 1.82) is 0 Å². The molecule has 1 amide bonds. The Labute approximate surface area is 164 Å². The number of oxime groups is 1. The van der Waals surface area contributed by atoms with E-state index in [0.29, 0.717) is 30.8 Å². The second-order valence-corrected chi connectivity index (χ2v) is 7.17. The van der Waals surface area contributed by atoms with Crippen LogP contribution in [0.2, 0.25) is 0 Å². The van der Waals surface area contributed by atoms with Gasteiger partial charge in [0.1, 0.15) is 11.6 Å². The highest BCUT2D eigenvalue weighted by atomic mass is 19.1. The minimum atomic E-state index is -0.322. The highest BCUT2D eigenvalue weighted by Crippen LogP contribution is 2.22. The SMILES string of the molecule is COc1cccc(CN(C[C@@H]2CC(c3ccccc3F)=NO2)C(=O)C(C)C)c1. The van der Waals surface area contributed by atoms with E-state index in [1.54, 1.807) is 30.2 Å². The summed E-state index contributed by atoms with van der Waals surface area (Å²) in [4.78, 5) is 20.0. The minimum absolute atomic E-state index is 0.0331. The zero-order chi connectivity index (χ0) is 20.1. The van der Waals surface area contributed by atoms with Crippen LogP contribution < -0.4 is 4.74 Å². The molecule has 148 valence electrons. The quantitative estimate of drug-likeness (QED) is 0.725. The van der Waals surface area contributed by atoms with Crippen LogP contribution >= 0.6 is 0 Å². The fourth-order valence-electron chi connectivity index (χ4n) is 3.22. The third kappa shape index (κ3) is 4.68. The summed E-state index contributed by atoms with van der Waals surface area (Å²) < 4.78 is 19.3. The Morgan fingerprint density at radius 1 is 1.29 bits per heavy atom. The molecule has 1 aliphatic rings. The molecule has 3 rings (SSSR count). The number of ether oxygens (including phenoxy) is 1. The van der Waals surface area contributed by atoms with Gasteiger partial charge < -0.3 is 14.5 Å². The number of hydrogen-bond donors (Lipinski definition) is 0. The molecule has 5 nitrogen and oxygen atoms in total. The van der Waals surface area contributed by atoms with Crippen molar-refractivity contribution < 1.29 is 18.8 Å². The zero-order valence-corrected chi connectivity index (χ0v) is 16.4. The maximum atomic E-state index is 14.0. The number of carbonyl (C=O) groups excluding carboxylic acids is 1. The van der Waals surface area contributed by atoms with Crippen molar-refractivity contribution in [2.45, 2.75) is 32.9 Å². The van der Waals surface area contributed by atoms with E-state index in [1.165, 1.54) is 6.07 Å². The predicted octanol–water partition coefficient (Wildman–Crippen LogP) is 4.01. The van der Waals surface area contributed by atoms with Gasteiger partial charge in [0.2, 0.25) is 5.91 Å². The number of nitrogens with zero attached hydrogens (tertiary/aromatic N) is 2.